The zero-order chi connectivity index (χ0) is 10.1. The van der Waals surface area contributed by atoms with E-state index in [4.69, 9.17) is 0 Å². The van der Waals surface area contributed by atoms with Gasteiger partial charge in [-0.15, -0.1) is 0 Å². The van der Waals surface area contributed by atoms with Crippen LogP contribution in [0.15, 0.2) is 6.20 Å². The summed E-state index contributed by atoms with van der Waals surface area (Å²) in [5.74, 6) is -0.843. The fourth-order valence-electron chi connectivity index (χ4n) is 0.799. The molecule has 0 unspecified atom stereocenters. The molecule has 0 spiro atoms. The molecule has 0 saturated carbocycles. The minimum Gasteiger partial charge on any atom is -0.354 e. The van der Waals surface area contributed by atoms with Crippen molar-refractivity contribution in [3.63, 3.8) is 0 Å². The van der Waals surface area contributed by atoms with E-state index in [2.05, 4.69) is 10.4 Å². The van der Waals surface area contributed by atoms with Crippen LogP contribution in [0.4, 0.5) is 13.2 Å². The Bertz CT molecular complexity index is 317. The maximum Gasteiger partial charge on any atom is 0.420 e. The van der Waals surface area contributed by atoms with Gasteiger partial charge in [-0.3, -0.25) is 9.89 Å². The van der Waals surface area contributed by atoms with Crippen LogP contribution in [0.1, 0.15) is 16.1 Å². The number of rotatable bonds is 1. The van der Waals surface area contributed by atoms with E-state index >= 15 is 0 Å². The van der Waals surface area contributed by atoms with Crippen LogP contribution in [0.5, 0.6) is 0 Å². The van der Waals surface area contributed by atoms with Crippen LogP contribution in [0, 0.1) is 0 Å². The second-order valence-corrected chi connectivity index (χ2v) is 2.24. The molecule has 13 heavy (non-hydrogen) atoms. The number of halogens is 3. The fraction of sp³-hybridized carbons (Fsp3) is 0.333. The lowest BCUT2D eigenvalue weighted by Gasteiger charge is -2.04. The van der Waals surface area contributed by atoms with E-state index in [-0.39, 0.29) is 0 Å². The van der Waals surface area contributed by atoms with Crippen LogP contribution in [0.2, 0.25) is 0 Å². The van der Waals surface area contributed by atoms with Gasteiger partial charge < -0.3 is 5.32 Å². The van der Waals surface area contributed by atoms with Crippen molar-refractivity contribution < 1.29 is 18.0 Å². The number of carbonyl (C=O) groups is 1. The number of alkyl halides is 3. The van der Waals surface area contributed by atoms with Gasteiger partial charge in [0.1, 0.15) is 11.3 Å². The number of aromatic nitrogens is 2. The van der Waals surface area contributed by atoms with Gasteiger partial charge in [-0.05, 0) is 0 Å². The van der Waals surface area contributed by atoms with Crippen molar-refractivity contribution in [3.8, 4) is 0 Å². The maximum absolute atomic E-state index is 12.1. The quantitative estimate of drug-likeness (QED) is 0.692. The van der Waals surface area contributed by atoms with Crippen LogP contribution in [-0.4, -0.2) is 23.2 Å². The molecule has 0 fully saturated rings. The van der Waals surface area contributed by atoms with Gasteiger partial charge in [0.05, 0.1) is 6.20 Å². The van der Waals surface area contributed by atoms with E-state index in [1.807, 2.05) is 5.10 Å². The summed E-state index contributed by atoms with van der Waals surface area (Å²) in [6, 6.07) is 0. The SMILES string of the molecule is CNC(=O)c1[nH]ncc1C(F)(F)F. The number of hydrogen-bond acceptors (Lipinski definition) is 2. The van der Waals surface area contributed by atoms with Gasteiger partial charge in [0.25, 0.3) is 5.91 Å². The molecule has 1 rings (SSSR count). The Kier molecular flexibility index (Phi) is 2.26. The fourth-order valence-corrected chi connectivity index (χ4v) is 0.799. The van der Waals surface area contributed by atoms with E-state index in [0.717, 1.165) is 0 Å². The standard InChI is InChI=1S/C6H6F3N3O/c1-10-5(13)4-3(2-11-12-4)6(7,8)9/h2H,1H3,(H,10,13)(H,11,12). The minimum absolute atomic E-state index is 0.574. The average molecular weight is 193 g/mol. The normalized spacial score (nSPS) is 11.4. The summed E-state index contributed by atoms with van der Waals surface area (Å²) in [5.41, 5.74) is -1.64. The number of nitrogens with one attached hydrogen (secondary N) is 2. The van der Waals surface area contributed by atoms with Gasteiger partial charge >= 0.3 is 6.18 Å². The van der Waals surface area contributed by atoms with Crippen molar-refractivity contribution in [2.45, 2.75) is 6.18 Å². The first-order valence-electron chi connectivity index (χ1n) is 3.29. The largest absolute Gasteiger partial charge is 0.420 e. The smallest absolute Gasteiger partial charge is 0.354 e. The van der Waals surface area contributed by atoms with E-state index < -0.39 is 23.3 Å². The monoisotopic (exact) mass is 193 g/mol. The summed E-state index contributed by atoms with van der Waals surface area (Å²) in [4.78, 5) is 10.9. The molecule has 2 N–H and O–H groups in total. The van der Waals surface area contributed by atoms with E-state index in [1.54, 1.807) is 0 Å². The first-order valence-corrected chi connectivity index (χ1v) is 3.29. The molecule has 0 aliphatic carbocycles. The molecule has 1 aromatic rings. The highest BCUT2D eigenvalue weighted by molar-refractivity contribution is 5.93. The highest BCUT2D eigenvalue weighted by atomic mass is 19.4. The van der Waals surface area contributed by atoms with Crippen molar-refractivity contribution in [1.29, 1.82) is 0 Å². The van der Waals surface area contributed by atoms with Gasteiger partial charge in [-0.25, -0.2) is 0 Å². The highest BCUT2D eigenvalue weighted by Gasteiger charge is 2.36. The molecular weight excluding hydrogens is 187 g/mol. The van der Waals surface area contributed by atoms with Crippen molar-refractivity contribution in [2.75, 3.05) is 7.05 Å². The number of nitrogens with zero attached hydrogens (tertiary/aromatic N) is 1. The molecule has 1 amide bonds. The van der Waals surface area contributed by atoms with E-state index in [0.29, 0.717) is 6.20 Å². The molecule has 0 radical (unpaired) electrons. The molecule has 0 aromatic carbocycles. The highest BCUT2D eigenvalue weighted by Crippen LogP contribution is 2.30. The Hall–Kier alpha value is -1.53. The third kappa shape index (κ3) is 1.79. The van der Waals surface area contributed by atoms with Crippen molar-refractivity contribution in [3.05, 3.63) is 17.5 Å². The third-order valence-electron chi connectivity index (χ3n) is 1.40. The van der Waals surface area contributed by atoms with Gasteiger partial charge in [0.2, 0.25) is 0 Å². The molecule has 1 aromatic heterocycles. The van der Waals surface area contributed by atoms with Crippen LogP contribution in [-0.2, 0) is 6.18 Å². The summed E-state index contributed by atoms with van der Waals surface area (Å²) in [6.07, 6.45) is -3.99. The molecule has 7 heteroatoms. The third-order valence-corrected chi connectivity index (χ3v) is 1.40. The number of carbonyl (C=O) groups excluding carboxylic acids is 1. The maximum atomic E-state index is 12.1. The Morgan fingerprint density at radius 3 is 2.69 bits per heavy atom. The number of H-pyrrole nitrogens is 1. The predicted octanol–water partition coefficient (Wildman–Crippen LogP) is 0.788. The van der Waals surface area contributed by atoms with Gasteiger partial charge in [0, 0.05) is 7.05 Å². The van der Waals surface area contributed by atoms with Crippen LogP contribution < -0.4 is 5.32 Å². The zero-order valence-electron chi connectivity index (χ0n) is 6.57. The second kappa shape index (κ2) is 3.08. The van der Waals surface area contributed by atoms with Crippen molar-refractivity contribution in [1.82, 2.24) is 15.5 Å². The molecular formula is C6H6F3N3O. The van der Waals surface area contributed by atoms with Crippen molar-refractivity contribution in [2.24, 2.45) is 0 Å². The number of aromatic amines is 1. The summed E-state index contributed by atoms with van der Waals surface area (Å²) < 4.78 is 36.4. The molecule has 0 aliphatic rings. The van der Waals surface area contributed by atoms with Crippen LogP contribution in [0.25, 0.3) is 0 Å². The summed E-state index contributed by atoms with van der Waals surface area (Å²) >= 11 is 0. The van der Waals surface area contributed by atoms with Crippen molar-refractivity contribution >= 4 is 5.91 Å². The summed E-state index contributed by atoms with van der Waals surface area (Å²) in [7, 11) is 1.24. The lowest BCUT2D eigenvalue weighted by molar-refractivity contribution is -0.137. The molecule has 0 atom stereocenters. The minimum atomic E-state index is -4.56. The Morgan fingerprint density at radius 1 is 1.62 bits per heavy atom. The Morgan fingerprint density at radius 2 is 2.23 bits per heavy atom. The lowest BCUT2D eigenvalue weighted by Crippen LogP contribution is -2.22. The molecule has 1 heterocycles. The Balaban J connectivity index is 3.10. The average Bonchev–Trinajstić information content (AvgIpc) is 2.49. The first kappa shape index (κ1) is 9.56. The molecule has 4 nitrogen and oxygen atoms in total. The Labute approximate surface area is 71.1 Å². The molecule has 72 valence electrons. The molecule has 0 bridgehead atoms. The second-order valence-electron chi connectivity index (χ2n) is 2.24. The van der Waals surface area contributed by atoms with Gasteiger partial charge in [-0.1, -0.05) is 0 Å². The number of amides is 1. The molecule has 0 saturated heterocycles. The van der Waals surface area contributed by atoms with Gasteiger partial charge in [0.15, 0.2) is 0 Å². The van der Waals surface area contributed by atoms with Gasteiger partial charge in [-0.2, -0.15) is 18.3 Å². The van der Waals surface area contributed by atoms with E-state index in [9.17, 15) is 18.0 Å². The topological polar surface area (TPSA) is 57.8 Å². The first-order chi connectivity index (χ1) is 5.96. The zero-order valence-corrected chi connectivity index (χ0v) is 6.57. The summed E-state index contributed by atoms with van der Waals surface area (Å²) in [5, 5.41) is 7.20. The summed E-state index contributed by atoms with van der Waals surface area (Å²) in [6.45, 7) is 0. The lowest BCUT2D eigenvalue weighted by atomic mass is 10.2. The van der Waals surface area contributed by atoms with E-state index in [1.165, 1.54) is 7.05 Å². The van der Waals surface area contributed by atoms with Crippen LogP contribution >= 0.6 is 0 Å². The predicted molar refractivity (Wildman–Crippen MR) is 37.0 cm³/mol. The molecule has 0 aliphatic heterocycles. The number of hydrogen-bond donors (Lipinski definition) is 2. The van der Waals surface area contributed by atoms with Crippen LogP contribution in [0.3, 0.4) is 0 Å².